The standard InChI is InChI=1S/C12H19N5S/c1-8-10-11(16(3)14-8)17(12(18)13-10)9-4-6-15(2)7-5-9/h9H,4-7H2,1-3H3,(H,13,18). The van der Waals surface area contributed by atoms with Crippen LogP contribution < -0.4 is 0 Å². The number of nitrogens with one attached hydrogen (secondary N) is 1. The van der Waals surface area contributed by atoms with Gasteiger partial charge in [0.05, 0.1) is 5.69 Å². The molecule has 5 nitrogen and oxygen atoms in total. The van der Waals surface area contributed by atoms with Gasteiger partial charge in [0.15, 0.2) is 10.4 Å². The first kappa shape index (κ1) is 11.9. The van der Waals surface area contributed by atoms with Crippen LogP contribution in [0.3, 0.4) is 0 Å². The Kier molecular flexibility index (Phi) is 2.79. The molecular weight excluding hydrogens is 246 g/mol. The van der Waals surface area contributed by atoms with Crippen molar-refractivity contribution in [2.45, 2.75) is 25.8 Å². The number of likely N-dealkylation sites (tertiary alicyclic amines) is 1. The largest absolute Gasteiger partial charge is 0.328 e. The average molecular weight is 265 g/mol. The van der Waals surface area contributed by atoms with Gasteiger partial charge in [-0.15, -0.1) is 0 Å². The van der Waals surface area contributed by atoms with Gasteiger partial charge >= 0.3 is 0 Å². The third-order valence-corrected chi connectivity index (χ3v) is 4.22. The lowest BCUT2D eigenvalue weighted by Gasteiger charge is -2.30. The van der Waals surface area contributed by atoms with Crippen LogP contribution in [0.15, 0.2) is 0 Å². The van der Waals surface area contributed by atoms with Crippen molar-refractivity contribution in [3.8, 4) is 0 Å². The molecule has 98 valence electrons. The molecule has 1 fully saturated rings. The van der Waals surface area contributed by atoms with Crippen molar-refractivity contribution in [3.63, 3.8) is 0 Å². The molecule has 1 aliphatic heterocycles. The minimum Gasteiger partial charge on any atom is -0.328 e. The van der Waals surface area contributed by atoms with Crippen LogP contribution in [-0.4, -0.2) is 44.4 Å². The summed E-state index contributed by atoms with van der Waals surface area (Å²) < 4.78 is 5.03. The van der Waals surface area contributed by atoms with Crippen molar-refractivity contribution in [1.82, 2.24) is 24.2 Å². The van der Waals surface area contributed by atoms with Crippen LogP contribution in [0, 0.1) is 11.7 Å². The number of hydrogen-bond donors (Lipinski definition) is 1. The van der Waals surface area contributed by atoms with Gasteiger partial charge in [-0.2, -0.15) is 5.10 Å². The molecule has 1 aliphatic rings. The fraction of sp³-hybridized carbons (Fsp3) is 0.667. The second kappa shape index (κ2) is 4.20. The van der Waals surface area contributed by atoms with Crippen LogP contribution in [0.4, 0.5) is 0 Å². The van der Waals surface area contributed by atoms with E-state index in [1.807, 2.05) is 18.7 Å². The maximum atomic E-state index is 5.49. The molecule has 18 heavy (non-hydrogen) atoms. The minimum atomic E-state index is 0.497. The molecule has 2 aromatic rings. The molecule has 0 spiro atoms. The molecule has 0 radical (unpaired) electrons. The summed E-state index contributed by atoms with van der Waals surface area (Å²) in [5, 5.41) is 4.47. The van der Waals surface area contributed by atoms with Gasteiger partial charge in [0.25, 0.3) is 0 Å². The predicted molar refractivity (Wildman–Crippen MR) is 74.4 cm³/mol. The second-order valence-electron chi connectivity index (χ2n) is 5.24. The van der Waals surface area contributed by atoms with Crippen LogP contribution >= 0.6 is 12.2 Å². The van der Waals surface area contributed by atoms with E-state index in [4.69, 9.17) is 12.2 Å². The van der Waals surface area contributed by atoms with Gasteiger partial charge in [-0.05, 0) is 52.1 Å². The summed E-state index contributed by atoms with van der Waals surface area (Å²) >= 11 is 5.49. The fourth-order valence-electron chi connectivity index (χ4n) is 2.92. The van der Waals surface area contributed by atoms with Crippen molar-refractivity contribution < 1.29 is 0 Å². The van der Waals surface area contributed by atoms with Crippen LogP contribution in [-0.2, 0) is 7.05 Å². The lowest BCUT2D eigenvalue weighted by molar-refractivity contribution is 0.222. The van der Waals surface area contributed by atoms with E-state index in [9.17, 15) is 0 Å². The van der Waals surface area contributed by atoms with E-state index >= 15 is 0 Å². The molecular formula is C12H19N5S. The Hall–Kier alpha value is -1.14. The maximum Gasteiger partial charge on any atom is 0.179 e. The molecule has 0 amide bonds. The molecule has 2 aromatic heterocycles. The number of nitrogens with zero attached hydrogens (tertiary/aromatic N) is 4. The number of imidazole rings is 1. The molecule has 6 heteroatoms. The Labute approximate surface area is 111 Å². The molecule has 0 unspecified atom stereocenters. The van der Waals surface area contributed by atoms with E-state index in [1.165, 1.54) is 0 Å². The maximum absolute atomic E-state index is 5.49. The van der Waals surface area contributed by atoms with Gasteiger partial charge in [-0.25, -0.2) is 0 Å². The summed E-state index contributed by atoms with van der Waals surface area (Å²) in [5.41, 5.74) is 3.23. The van der Waals surface area contributed by atoms with Gasteiger partial charge in [0, 0.05) is 13.1 Å². The lowest BCUT2D eigenvalue weighted by atomic mass is 10.1. The van der Waals surface area contributed by atoms with Crippen molar-refractivity contribution in [3.05, 3.63) is 10.5 Å². The third kappa shape index (κ3) is 1.71. The monoisotopic (exact) mass is 265 g/mol. The molecule has 0 aliphatic carbocycles. The molecule has 0 bridgehead atoms. The Morgan fingerprint density at radius 2 is 1.94 bits per heavy atom. The predicted octanol–water partition coefficient (Wildman–Crippen LogP) is 2.01. The second-order valence-corrected chi connectivity index (χ2v) is 5.63. The van der Waals surface area contributed by atoms with Crippen molar-refractivity contribution in [2.24, 2.45) is 7.05 Å². The summed E-state index contributed by atoms with van der Waals surface area (Å²) in [6.07, 6.45) is 2.31. The lowest BCUT2D eigenvalue weighted by Crippen LogP contribution is -2.31. The van der Waals surface area contributed by atoms with Gasteiger partial charge < -0.3 is 9.88 Å². The molecule has 1 N–H and O–H groups in total. The van der Waals surface area contributed by atoms with Crippen molar-refractivity contribution in [2.75, 3.05) is 20.1 Å². The molecule has 3 rings (SSSR count). The Morgan fingerprint density at radius 3 is 2.61 bits per heavy atom. The fourth-order valence-corrected chi connectivity index (χ4v) is 3.26. The van der Waals surface area contributed by atoms with Crippen LogP contribution in [0.1, 0.15) is 24.6 Å². The van der Waals surface area contributed by atoms with E-state index in [1.54, 1.807) is 0 Å². The SMILES string of the molecule is Cc1nn(C)c2c1[nH]c(=S)n2C1CCN(C)CC1. The summed E-state index contributed by atoms with van der Waals surface area (Å²) in [6, 6.07) is 0.497. The van der Waals surface area contributed by atoms with Crippen molar-refractivity contribution >= 4 is 23.4 Å². The number of H-pyrrole nitrogens is 1. The summed E-state index contributed by atoms with van der Waals surface area (Å²) in [7, 11) is 4.17. The molecule has 0 aromatic carbocycles. The number of fused-ring (bicyclic) bond motifs is 1. The van der Waals surface area contributed by atoms with E-state index in [0.717, 1.165) is 47.6 Å². The zero-order chi connectivity index (χ0) is 12.9. The first-order chi connectivity index (χ1) is 8.58. The van der Waals surface area contributed by atoms with E-state index in [0.29, 0.717) is 6.04 Å². The zero-order valence-electron chi connectivity index (χ0n) is 11.1. The Balaban J connectivity index is 2.11. The topological polar surface area (TPSA) is 41.8 Å². The highest BCUT2D eigenvalue weighted by atomic mass is 32.1. The number of piperidine rings is 1. The number of rotatable bonds is 1. The van der Waals surface area contributed by atoms with E-state index in [2.05, 4.69) is 26.6 Å². The summed E-state index contributed by atoms with van der Waals surface area (Å²) in [6.45, 7) is 4.29. The number of hydrogen-bond acceptors (Lipinski definition) is 3. The van der Waals surface area contributed by atoms with Crippen LogP contribution in [0.25, 0.3) is 11.2 Å². The first-order valence-electron chi connectivity index (χ1n) is 6.40. The molecule has 0 atom stereocenters. The van der Waals surface area contributed by atoms with Gasteiger partial charge in [0.2, 0.25) is 0 Å². The summed E-state index contributed by atoms with van der Waals surface area (Å²) in [5.74, 6) is 0. The van der Waals surface area contributed by atoms with Gasteiger partial charge in [-0.3, -0.25) is 9.25 Å². The highest BCUT2D eigenvalue weighted by molar-refractivity contribution is 7.71. The Bertz CT molecular complexity index is 627. The first-order valence-corrected chi connectivity index (χ1v) is 6.81. The molecule has 3 heterocycles. The van der Waals surface area contributed by atoms with Crippen LogP contribution in [0.5, 0.6) is 0 Å². The highest BCUT2D eigenvalue weighted by Gasteiger charge is 2.23. The number of aryl methyl sites for hydroxylation is 2. The number of aromatic nitrogens is 4. The number of aromatic amines is 1. The molecule has 1 saturated heterocycles. The third-order valence-electron chi connectivity index (χ3n) is 3.92. The molecule has 0 saturated carbocycles. The van der Waals surface area contributed by atoms with Gasteiger partial charge in [0.1, 0.15) is 5.52 Å². The normalized spacial score (nSPS) is 18.8. The smallest absolute Gasteiger partial charge is 0.179 e. The Morgan fingerprint density at radius 1 is 1.28 bits per heavy atom. The van der Waals surface area contributed by atoms with E-state index < -0.39 is 0 Å². The zero-order valence-corrected chi connectivity index (χ0v) is 11.9. The summed E-state index contributed by atoms with van der Waals surface area (Å²) in [4.78, 5) is 5.68. The van der Waals surface area contributed by atoms with E-state index in [-0.39, 0.29) is 0 Å². The quantitative estimate of drug-likeness (QED) is 0.802. The van der Waals surface area contributed by atoms with Crippen LogP contribution in [0.2, 0.25) is 0 Å². The minimum absolute atomic E-state index is 0.497. The average Bonchev–Trinajstić information content (AvgIpc) is 2.79. The van der Waals surface area contributed by atoms with Gasteiger partial charge in [-0.1, -0.05) is 0 Å². The highest BCUT2D eigenvalue weighted by Crippen LogP contribution is 2.27. The van der Waals surface area contributed by atoms with Crippen molar-refractivity contribution in [1.29, 1.82) is 0 Å².